The van der Waals surface area contributed by atoms with Crippen molar-refractivity contribution < 1.29 is 9.53 Å². The smallest absolute Gasteiger partial charge is 0.260 e. The second-order valence-corrected chi connectivity index (χ2v) is 4.71. The number of hydrogen-bond acceptors (Lipinski definition) is 4. The van der Waals surface area contributed by atoms with Crippen molar-refractivity contribution in [3.63, 3.8) is 0 Å². The molecule has 1 heterocycles. The molecule has 2 N–H and O–H groups in total. The van der Waals surface area contributed by atoms with Gasteiger partial charge in [-0.15, -0.1) is 11.8 Å². The van der Waals surface area contributed by atoms with Crippen LogP contribution in [0, 0.1) is 6.92 Å². The van der Waals surface area contributed by atoms with Crippen molar-refractivity contribution in [1.82, 2.24) is 10.2 Å². The van der Waals surface area contributed by atoms with E-state index in [1.54, 1.807) is 31.4 Å². The van der Waals surface area contributed by atoms with Crippen LogP contribution in [0.4, 0.5) is 5.69 Å². The fourth-order valence-electron chi connectivity index (χ4n) is 1.69. The first-order valence-corrected chi connectivity index (χ1v) is 6.92. The number of nitrogens with one attached hydrogen (secondary N) is 2. The Labute approximate surface area is 115 Å². The number of nitrogens with zero attached hydrogens (tertiary/aromatic N) is 1. The summed E-state index contributed by atoms with van der Waals surface area (Å²) in [6, 6.07) is 7.19. The van der Waals surface area contributed by atoms with Crippen molar-refractivity contribution in [2.24, 2.45) is 0 Å². The standard InChI is InChI=1S/C13H15N3O2S/c1-8-11(13(19-3)16-15-8)12(17)14-9-4-6-10(18-2)7-5-9/h4-7H,1-3H3,(H,14,17)(H,15,16). The lowest BCUT2D eigenvalue weighted by Gasteiger charge is -2.06. The Morgan fingerprint density at radius 3 is 2.63 bits per heavy atom. The lowest BCUT2D eigenvalue weighted by Crippen LogP contribution is -2.13. The minimum Gasteiger partial charge on any atom is -0.497 e. The number of ether oxygens (including phenoxy) is 1. The molecule has 0 aliphatic rings. The van der Waals surface area contributed by atoms with Crippen LogP contribution < -0.4 is 10.1 Å². The quantitative estimate of drug-likeness (QED) is 0.843. The number of aromatic nitrogens is 2. The number of aromatic amines is 1. The Morgan fingerprint density at radius 2 is 2.05 bits per heavy atom. The fourth-order valence-corrected chi connectivity index (χ4v) is 2.28. The summed E-state index contributed by atoms with van der Waals surface area (Å²) in [5, 5.41) is 10.4. The predicted octanol–water partition coefficient (Wildman–Crippen LogP) is 2.70. The lowest BCUT2D eigenvalue weighted by atomic mass is 10.2. The molecule has 0 saturated carbocycles. The van der Waals surface area contributed by atoms with E-state index in [1.807, 2.05) is 13.2 Å². The number of thioether (sulfide) groups is 1. The van der Waals surface area contributed by atoms with Crippen LogP contribution >= 0.6 is 11.8 Å². The van der Waals surface area contributed by atoms with Gasteiger partial charge in [0.05, 0.1) is 12.7 Å². The molecule has 0 bridgehead atoms. The van der Waals surface area contributed by atoms with E-state index < -0.39 is 0 Å². The second kappa shape index (κ2) is 5.79. The van der Waals surface area contributed by atoms with E-state index in [2.05, 4.69) is 15.5 Å². The number of methoxy groups -OCH3 is 1. The number of amides is 1. The minimum atomic E-state index is -0.166. The normalized spacial score (nSPS) is 10.3. The highest BCUT2D eigenvalue weighted by atomic mass is 32.2. The summed E-state index contributed by atoms with van der Waals surface area (Å²) in [6.45, 7) is 1.83. The van der Waals surface area contributed by atoms with E-state index in [-0.39, 0.29) is 5.91 Å². The van der Waals surface area contributed by atoms with Gasteiger partial charge in [0.1, 0.15) is 10.8 Å². The monoisotopic (exact) mass is 277 g/mol. The number of aryl methyl sites for hydroxylation is 1. The molecule has 0 radical (unpaired) electrons. The number of carbonyl (C=O) groups excluding carboxylic acids is 1. The third-order valence-corrected chi connectivity index (χ3v) is 3.36. The SMILES string of the molecule is COc1ccc(NC(=O)c2c(SC)n[nH]c2C)cc1. The van der Waals surface area contributed by atoms with E-state index in [0.29, 0.717) is 10.6 Å². The van der Waals surface area contributed by atoms with Crippen LogP contribution in [0.2, 0.25) is 0 Å². The first-order valence-electron chi connectivity index (χ1n) is 5.70. The van der Waals surface area contributed by atoms with Gasteiger partial charge in [0.25, 0.3) is 5.91 Å². The molecule has 0 saturated heterocycles. The van der Waals surface area contributed by atoms with Crippen LogP contribution in [-0.2, 0) is 0 Å². The molecule has 0 fully saturated rings. The van der Waals surface area contributed by atoms with Gasteiger partial charge >= 0.3 is 0 Å². The molecule has 100 valence electrons. The van der Waals surface area contributed by atoms with Crippen molar-refractivity contribution in [1.29, 1.82) is 0 Å². The Balaban J connectivity index is 2.18. The van der Waals surface area contributed by atoms with Crippen molar-refractivity contribution in [3.05, 3.63) is 35.5 Å². The van der Waals surface area contributed by atoms with Crippen molar-refractivity contribution in [2.45, 2.75) is 11.9 Å². The zero-order valence-corrected chi connectivity index (χ0v) is 11.8. The molecular formula is C13H15N3O2S. The van der Waals surface area contributed by atoms with Crippen molar-refractivity contribution in [2.75, 3.05) is 18.7 Å². The molecule has 0 atom stereocenters. The summed E-state index contributed by atoms with van der Waals surface area (Å²) in [6.07, 6.45) is 1.89. The van der Waals surface area contributed by atoms with E-state index >= 15 is 0 Å². The van der Waals surface area contributed by atoms with Crippen LogP contribution in [0.25, 0.3) is 0 Å². The molecule has 5 nitrogen and oxygen atoms in total. The first kappa shape index (κ1) is 13.5. The highest BCUT2D eigenvalue weighted by Crippen LogP contribution is 2.22. The zero-order valence-electron chi connectivity index (χ0n) is 11.0. The average molecular weight is 277 g/mol. The Bertz CT molecular complexity index is 578. The molecule has 1 amide bonds. The number of carbonyl (C=O) groups is 1. The van der Waals surface area contributed by atoms with Crippen LogP contribution in [-0.4, -0.2) is 29.5 Å². The summed E-state index contributed by atoms with van der Waals surface area (Å²) >= 11 is 1.44. The minimum absolute atomic E-state index is 0.166. The molecular weight excluding hydrogens is 262 g/mol. The Hall–Kier alpha value is -1.95. The number of hydrogen-bond donors (Lipinski definition) is 2. The lowest BCUT2D eigenvalue weighted by molar-refractivity contribution is 0.102. The molecule has 2 aromatic rings. The number of anilines is 1. The van der Waals surface area contributed by atoms with Gasteiger partial charge in [0.15, 0.2) is 0 Å². The predicted molar refractivity (Wildman–Crippen MR) is 76.1 cm³/mol. The summed E-state index contributed by atoms with van der Waals surface area (Å²) in [4.78, 5) is 12.2. The molecule has 0 unspecified atom stereocenters. The number of rotatable bonds is 4. The maximum Gasteiger partial charge on any atom is 0.260 e. The summed E-state index contributed by atoms with van der Waals surface area (Å²) in [7, 11) is 1.60. The molecule has 2 rings (SSSR count). The summed E-state index contributed by atoms with van der Waals surface area (Å²) in [5.74, 6) is 0.586. The summed E-state index contributed by atoms with van der Waals surface area (Å²) < 4.78 is 5.07. The van der Waals surface area contributed by atoms with E-state index in [4.69, 9.17) is 4.74 Å². The van der Waals surface area contributed by atoms with Gasteiger partial charge in [-0.25, -0.2) is 0 Å². The summed E-state index contributed by atoms with van der Waals surface area (Å²) in [5.41, 5.74) is 2.07. The van der Waals surface area contributed by atoms with Gasteiger partial charge < -0.3 is 10.1 Å². The third-order valence-electron chi connectivity index (χ3n) is 2.68. The largest absolute Gasteiger partial charge is 0.497 e. The molecule has 6 heteroatoms. The van der Waals surface area contributed by atoms with Gasteiger partial charge in [-0.3, -0.25) is 9.89 Å². The molecule has 0 spiro atoms. The van der Waals surface area contributed by atoms with Crippen LogP contribution in [0.1, 0.15) is 16.1 Å². The van der Waals surface area contributed by atoms with E-state index in [9.17, 15) is 4.79 Å². The van der Waals surface area contributed by atoms with Crippen molar-refractivity contribution >= 4 is 23.4 Å². The van der Waals surface area contributed by atoms with Gasteiger partial charge in [0.2, 0.25) is 0 Å². The van der Waals surface area contributed by atoms with Gasteiger partial charge in [-0.1, -0.05) is 0 Å². The molecule has 0 aliphatic heterocycles. The molecule has 0 aliphatic carbocycles. The van der Waals surface area contributed by atoms with E-state index in [0.717, 1.165) is 17.1 Å². The highest BCUT2D eigenvalue weighted by molar-refractivity contribution is 7.98. The van der Waals surface area contributed by atoms with Crippen LogP contribution in [0.15, 0.2) is 29.3 Å². The third kappa shape index (κ3) is 2.90. The first-order chi connectivity index (χ1) is 9.15. The topological polar surface area (TPSA) is 67.0 Å². The maximum absolute atomic E-state index is 12.2. The fraction of sp³-hybridized carbons (Fsp3) is 0.231. The highest BCUT2D eigenvalue weighted by Gasteiger charge is 2.17. The molecule has 19 heavy (non-hydrogen) atoms. The second-order valence-electron chi connectivity index (χ2n) is 3.92. The Kier molecular flexibility index (Phi) is 4.11. The van der Waals surface area contributed by atoms with Crippen LogP contribution in [0.3, 0.4) is 0 Å². The maximum atomic E-state index is 12.2. The Morgan fingerprint density at radius 1 is 1.37 bits per heavy atom. The van der Waals surface area contributed by atoms with Gasteiger partial charge in [-0.2, -0.15) is 5.10 Å². The van der Waals surface area contributed by atoms with Crippen LogP contribution in [0.5, 0.6) is 5.75 Å². The number of H-pyrrole nitrogens is 1. The zero-order chi connectivity index (χ0) is 13.8. The molecule has 1 aromatic carbocycles. The van der Waals surface area contributed by atoms with Gasteiger partial charge in [0, 0.05) is 11.4 Å². The number of benzene rings is 1. The van der Waals surface area contributed by atoms with E-state index in [1.165, 1.54) is 11.8 Å². The molecule has 1 aromatic heterocycles. The van der Waals surface area contributed by atoms with Gasteiger partial charge in [-0.05, 0) is 37.4 Å². The average Bonchev–Trinajstić information content (AvgIpc) is 2.80. The van der Waals surface area contributed by atoms with Crippen molar-refractivity contribution in [3.8, 4) is 5.75 Å².